The standard InChI is InChI=1S/C15H16N2O2/c16-7-9-19-10-8-17-13-6-2-4-11-3-1-5-12(14(11)13)15(17)18/h1-6H,7-10,16H2. The van der Waals surface area contributed by atoms with Gasteiger partial charge in [-0.1, -0.05) is 24.3 Å². The zero-order valence-corrected chi connectivity index (χ0v) is 10.6. The second-order valence-electron chi connectivity index (χ2n) is 4.54. The van der Waals surface area contributed by atoms with Crippen LogP contribution >= 0.6 is 0 Å². The smallest absolute Gasteiger partial charge is 0.259 e. The third-order valence-corrected chi connectivity index (χ3v) is 3.37. The van der Waals surface area contributed by atoms with Gasteiger partial charge in [-0.3, -0.25) is 4.79 Å². The summed E-state index contributed by atoms with van der Waals surface area (Å²) in [6.45, 7) is 2.10. The molecule has 0 unspecified atom stereocenters. The third kappa shape index (κ3) is 1.99. The van der Waals surface area contributed by atoms with Gasteiger partial charge >= 0.3 is 0 Å². The lowest BCUT2D eigenvalue weighted by molar-refractivity contribution is 0.0971. The first-order chi connectivity index (χ1) is 9.33. The fourth-order valence-electron chi connectivity index (χ4n) is 2.54. The number of rotatable bonds is 5. The van der Waals surface area contributed by atoms with Gasteiger partial charge in [0, 0.05) is 24.0 Å². The Morgan fingerprint density at radius 1 is 1.11 bits per heavy atom. The molecule has 2 aromatic rings. The van der Waals surface area contributed by atoms with Crippen LogP contribution in [-0.2, 0) is 4.74 Å². The molecule has 4 nitrogen and oxygen atoms in total. The number of ether oxygens (including phenoxy) is 1. The molecule has 1 aliphatic rings. The summed E-state index contributed by atoms with van der Waals surface area (Å²) in [4.78, 5) is 14.2. The predicted molar refractivity (Wildman–Crippen MR) is 75.5 cm³/mol. The van der Waals surface area contributed by atoms with Crippen molar-refractivity contribution in [3.05, 3.63) is 42.0 Å². The molecule has 2 N–H and O–H groups in total. The first-order valence-corrected chi connectivity index (χ1v) is 6.44. The molecule has 0 fully saturated rings. The number of nitrogens with two attached hydrogens (primary N) is 1. The Bertz CT molecular complexity index is 619. The minimum atomic E-state index is 0.0585. The summed E-state index contributed by atoms with van der Waals surface area (Å²) >= 11 is 0. The SMILES string of the molecule is NCCOCCN1C(=O)c2cccc3cccc1c23. The van der Waals surface area contributed by atoms with Crippen molar-refractivity contribution in [2.24, 2.45) is 5.73 Å². The minimum absolute atomic E-state index is 0.0585. The highest BCUT2D eigenvalue weighted by Crippen LogP contribution is 2.36. The summed E-state index contributed by atoms with van der Waals surface area (Å²) in [7, 11) is 0. The number of carbonyl (C=O) groups excluding carboxylic acids is 1. The van der Waals surface area contributed by atoms with Crippen molar-refractivity contribution in [3.8, 4) is 0 Å². The number of anilines is 1. The van der Waals surface area contributed by atoms with Crippen LogP contribution in [0.3, 0.4) is 0 Å². The van der Waals surface area contributed by atoms with Crippen molar-refractivity contribution in [3.63, 3.8) is 0 Å². The maximum atomic E-state index is 12.4. The maximum absolute atomic E-state index is 12.4. The Morgan fingerprint density at radius 3 is 2.68 bits per heavy atom. The van der Waals surface area contributed by atoms with Gasteiger partial charge in [0.15, 0.2) is 0 Å². The molecule has 0 saturated heterocycles. The largest absolute Gasteiger partial charge is 0.378 e. The van der Waals surface area contributed by atoms with Crippen LogP contribution in [0.4, 0.5) is 5.69 Å². The van der Waals surface area contributed by atoms with Crippen LogP contribution < -0.4 is 10.6 Å². The second-order valence-corrected chi connectivity index (χ2v) is 4.54. The molecular weight excluding hydrogens is 240 g/mol. The zero-order chi connectivity index (χ0) is 13.2. The fourth-order valence-corrected chi connectivity index (χ4v) is 2.54. The topological polar surface area (TPSA) is 55.6 Å². The van der Waals surface area contributed by atoms with E-state index in [2.05, 4.69) is 0 Å². The van der Waals surface area contributed by atoms with Crippen molar-refractivity contribution in [2.75, 3.05) is 31.2 Å². The van der Waals surface area contributed by atoms with Crippen LogP contribution in [0.1, 0.15) is 10.4 Å². The Labute approximate surface area is 111 Å². The van der Waals surface area contributed by atoms with Crippen molar-refractivity contribution < 1.29 is 9.53 Å². The zero-order valence-electron chi connectivity index (χ0n) is 10.6. The summed E-state index contributed by atoms with van der Waals surface area (Å²) in [6.07, 6.45) is 0. The van der Waals surface area contributed by atoms with E-state index in [4.69, 9.17) is 10.5 Å². The van der Waals surface area contributed by atoms with Gasteiger partial charge < -0.3 is 15.4 Å². The van der Waals surface area contributed by atoms with Crippen LogP contribution in [0.5, 0.6) is 0 Å². The van der Waals surface area contributed by atoms with Gasteiger partial charge in [0.1, 0.15) is 0 Å². The van der Waals surface area contributed by atoms with E-state index in [-0.39, 0.29) is 5.91 Å². The number of carbonyl (C=O) groups is 1. The quantitative estimate of drug-likeness (QED) is 0.830. The van der Waals surface area contributed by atoms with Gasteiger partial charge in [-0.15, -0.1) is 0 Å². The van der Waals surface area contributed by atoms with Gasteiger partial charge in [0.05, 0.1) is 18.9 Å². The average molecular weight is 256 g/mol. The normalized spacial score (nSPS) is 13.5. The summed E-state index contributed by atoms with van der Waals surface area (Å²) in [6, 6.07) is 11.8. The average Bonchev–Trinajstić information content (AvgIpc) is 2.71. The maximum Gasteiger partial charge on any atom is 0.259 e. The molecular formula is C15H16N2O2. The minimum Gasteiger partial charge on any atom is -0.378 e. The van der Waals surface area contributed by atoms with Gasteiger partial charge in [0.25, 0.3) is 5.91 Å². The molecule has 0 bridgehead atoms. The van der Waals surface area contributed by atoms with E-state index in [9.17, 15) is 4.79 Å². The van der Waals surface area contributed by atoms with Crippen molar-refractivity contribution in [1.82, 2.24) is 0 Å². The Hall–Kier alpha value is -1.91. The molecule has 2 aromatic carbocycles. The van der Waals surface area contributed by atoms with Crippen LogP contribution in [0.25, 0.3) is 10.8 Å². The van der Waals surface area contributed by atoms with Gasteiger partial charge in [0.2, 0.25) is 0 Å². The van der Waals surface area contributed by atoms with Crippen molar-refractivity contribution in [2.45, 2.75) is 0 Å². The van der Waals surface area contributed by atoms with Crippen molar-refractivity contribution in [1.29, 1.82) is 0 Å². The molecule has 0 spiro atoms. The van der Waals surface area contributed by atoms with E-state index in [1.807, 2.05) is 36.4 Å². The molecule has 98 valence electrons. The highest BCUT2D eigenvalue weighted by molar-refractivity contribution is 6.24. The van der Waals surface area contributed by atoms with Crippen LogP contribution in [-0.4, -0.2) is 32.2 Å². The van der Waals surface area contributed by atoms with Crippen molar-refractivity contribution >= 4 is 22.4 Å². The molecule has 0 radical (unpaired) electrons. The first kappa shape index (κ1) is 12.1. The summed E-state index contributed by atoms with van der Waals surface area (Å²) in [5, 5.41) is 2.16. The molecule has 0 saturated carbocycles. The molecule has 1 amide bonds. The van der Waals surface area contributed by atoms with Gasteiger partial charge in [-0.05, 0) is 17.5 Å². The van der Waals surface area contributed by atoms with E-state index in [1.165, 1.54) is 0 Å². The summed E-state index contributed by atoms with van der Waals surface area (Å²) in [5.74, 6) is 0.0585. The molecule has 0 aromatic heterocycles. The number of hydrogen-bond acceptors (Lipinski definition) is 3. The molecule has 0 aliphatic carbocycles. The van der Waals surface area contributed by atoms with E-state index in [0.717, 1.165) is 22.0 Å². The van der Waals surface area contributed by atoms with Crippen LogP contribution in [0, 0.1) is 0 Å². The number of benzene rings is 2. The highest BCUT2D eigenvalue weighted by Gasteiger charge is 2.28. The summed E-state index contributed by atoms with van der Waals surface area (Å²) < 4.78 is 5.37. The lowest BCUT2D eigenvalue weighted by Crippen LogP contribution is -2.30. The van der Waals surface area contributed by atoms with E-state index in [0.29, 0.717) is 26.3 Å². The van der Waals surface area contributed by atoms with Crippen LogP contribution in [0.2, 0.25) is 0 Å². The van der Waals surface area contributed by atoms with E-state index in [1.54, 1.807) is 4.90 Å². The molecule has 1 heterocycles. The lowest BCUT2D eigenvalue weighted by Gasteiger charge is -2.17. The fraction of sp³-hybridized carbons (Fsp3) is 0.267. The second kappa shape index (κ2) is 4.99. The monoisotopic (exact) mass is 256 g/mol. The third-order valence-electron chi connectivity index (χ3n) is 3.37. The molecule has 1 aliphatic heterocycles. The first-order valence-electron chi connectivity index (χ1n) is 6.44. The van der Waals surface area contributed by atoms with E-state index < -0.39 is 0 Å². The number of amides is 1. The Morgan fingerprint density at radius 2 is 1.89 bits per heavy atom. The van der Waals surface area contributed by atoms with Gasteiger partial charge in [-0.2, -0.15) is 0 Å². The molecule has 0 atom stereocenters. The predicted octanol–water partition coefficient (Wildman–Crippen LogP) is 1.78. The van der Waals surface area contributed by atoms with E-state index >= 15 is 0 Å². The Kier molecular flexibility index (Phi) is 3.19. The van der Waals surface area contributed by atoms with Gasteiger partial charge in [-0.25, -0.2) is 0 Å². The summed E-state index contributed by atoms with van der Waals surface area (Å²) in [5.41, 5.74) is 7.14. The van der Waals surface area contributed by atoms with Crippen LogP contribution in [0.15, 0.2) is 36.4 Å². The molecule has 4 heteroatoms. The number of hydrogen-bond donors (Lipinski definition) is 1. The highest BCUT2D eigenvalue weighted by atomic mass is 16.5. The lowest BCUT2D eigenvalue weighted by atomic mass is 10.1. The molecule has 19 heavy (non-hydrogen) atoms. The Balaban J connectivity index is 1.90. The number of nitrogens with zero attached hydrogens (tertiary/aromatic N) is 1. The molecule has 3 rings (SSSR count).